The molecule has 1 N–H and O–H groups in total. The molecule has 0 aliphatic carbocycles. The van der Waals surface area contributed by atoms with Crippen molar-refractivity contribution < 1.29 is 0 Å². The standard InChI is InChI=1S/C16H29N/c1-4-7-9-10-11-12-14-16(13-6-3)17-15-8-5-2/h4,7,9,11-12,16-17H,1,5-6,8,10,13-15H2,2-3H3. The Bertz CT molecular complexity index is 216. The highest BCUT2D eigenvalue weighted by molar-refractivity contribution is 5.01. The Morgan fingerprint density at radius 2 is 1.94 bits per heavy atom. The highest BCUT2D eigenvalue weighted by Gasteiger charge is 2.03. The molecule has 0 spiro atoms. The third-order valence-corrected chi connectivity index (χ3v) is 2.73. The van der Waals surface area contributed by atoms with Crippen LogP contribution in [-0.4, -0.2) is 12.6 Å². The predicted molar refractivity (Wildman–Crippen MR) is 79.3 cm³/mol. The van der Waals surface area contributed by atoms with Gasteiger partial charge in [-0.2, -0.15) is 0 Å². The number of unbranched alkanes of at least 4 members (excludes halogenated alkanes) is 1. The van der Waals surface area contributed by atoms with E-state index in [0.29, 0.717) is 6.04 Å². The fraction of sp³-hybridized carbons (Fsp3) is 0.625. The molecule has 0 aliphatic heterocycles. The summed E-state index contributed by atoms with van der Waals surface area (Å²) in [6, 6.07) is 0.659. The van der Waals surface area contributed by atoms with E-state index in [4.69, 9.17) is 0 Å². The number of hydrogen-bond acceptors (Lipinski definition) is 1. The third kappa shape index (κ3) is 11.4. The number of allylic oxidation sites excluding steroid dienone is 4. The van der Waals surface area contributed by atoms with Gasteiger partial charge in [-0.05, 0) is 32.2 Å². The van der Waals surface area contributed by atoms with Crippen LogP contribution in [0, 0.1) is 0 Å². The van der Waals surface area contributed by atoms with E-state index in [-0.39, 0.29) is 0 Å². The van der Waals surface area contributed by atoms with Crippen molar-refractivity contribution in [2.24, 2.45) is 0 Å². The van der Waals surface area contributed by atoms with Crippen LogP contribution in [0.4, 0.5) is 0 Å². The zero-order chi connectivity index (χ0) is 12.8. The molecule has 0 aliphatic rings. The smallest absolute Gasteiger partial charge is 0.0101 e. The van der Waals surface area contributed by atoms with Crippen molar-refractivity contribution in [2.75, 3.05) is 6.54 Å². The first-order chi connectivity index (χ1) is 8.35. The summed E-state index contributed by atoms with van der Waals surface area (Å²) in [5, 5.41) is 3.64. The van der Waals surface area contributed by atoms with Gasteiger partial charge in [0.1, 0.15) is 0 Å². The summed E-state index contributed by atoms with van der Waals surface area (Å²) in [6.45, 7) is 9.30. The van der Waals surface area contributed by atoms with E-state index in [0.717, 1.165) is 19.4 Å². The molecule has 0 aromatic rings. The van der Waals surface area contributed by atoms with E-state index in [1.807, 2.05) is 12.2 Å². The fourth-order valence-corrected chi connectivity index (χ4v) is 1.74. The molecule has 0 saturated carbocycles. The second-order valence-corrected chi connectivity index (χ2v) is 4.40. The van der Waals surface area contributed by atoms with Crippen molar-refractivity contribution in [3.8, 4) is 0 Å². The predicted octanol–water partition coefficient (Wildman–Crippen LogP) is 4.62. The van der Waals surface area contributed by atoms with Gasteiger partial charge in [0.2, 0.25) is 0 Å². The monoisotopic (exact) mass is 235 g/mol. The highest BCUT2D eigenvalue weighted by Crippen LogP contribution is 2.04. The van der Waals surface area contributed by atoms with E-state index < -0.39 is 0 Å². The fourth-order valence-electron chi connectivity index (χ4n) is 1.74. The summed E-state index contributed by atoms with van der Waals surface area (Å²) in [7, 11) is 0. The van der Waals surface area contributed by atoms with Gasteiger partial charge in [-0.1, -0.05) is 63.6 Å². The number of hydrogen-bond donors (Lipinski definition) is 1. The minimum Gasteiger partial charge on any atom is -0.314 e. The third-order valence-electron chi connectivity index (χ3n) is 2.73. The van der Waals surface area contributed by atoms with Crippen LogP contribution < -0.4 is 5.32 Å². The Morgan fingerprint density at radius 1 is 1.12 bits per heavy atom. The van der Waals surface area contributed by atoms with Gasteiger partial charge in [0, 0.05) is 6.04 Å². The lowest BCUT2D eigenvalue weighted by atomic mass is 10.1. The van der Waals surface area contributed by atoms with Gasteiger partial charge in [-0.3, -0.25) is 0 Å². The second kappa shape index (κ2) is 13.2. The lowest BCUT2D eigenvalue weighted by molar-refractivity contribution is 0.472. The molecular formula is C16H29N. The Kier molecular flexibility index (Phi) is 12.6. The van der Waals surface area contributed by atoms with Crippen molar-refractivity contribution in [3.63, 3.8) is 0 Å². The van der Waals surface area contributed by atoms with Crippen LogP contribution in [0.5, 0.6) is 0 Å². The summed E-state index contributed by atoms with van der Waals surface area (Å²) in [6.07, 6.45) is 17.7. The van der Waals surface area contributed by atoms with Gasteiger partial charge in [-0.15, -0.1) is 0 Å². The van der Waals surface area contributed by atoms with Crippen LogP contribution in [0.3, 0.4) is 0 Å². The van der Waals surface area contributed by atoms with Crippen molar-refractivity contribution in [1.29, 1.82) is 0 Å². The minimum absolute atomic E-state index is 0.659. The SMILES string of the molecule is C=CC=CCC=CCC(CCC)NCCCC. The molecule has 0 fully saturated rings. The van der Waals surface area contributed by atoms with Gasteiger partial charge in [0.15, 0.2) is 0 Å². The maximum absolute atomic E-state index is 3.65. The maximum atomic E-state index is 3.65. The zero-order valence-electron chi connectivity index (χ0n) is 11.6. The van der Waals surface area contributed by atoms with E-state index in [9.17, 15) is 0 Å². The normalized spacial score (nSPS) is 13.5. The molecule has 1 nitrogen and oxygen atoms in total. The first-order valence-corrected chi connectivity index (χ1v) is 7.01. The first-order valence-electron chi connectivity index (χ1n) is 7.01. The van der Waals surface area contributed by atoms with Gasteiger partial charge >= 0.3 is 0 Å². The Hall–Kier alpha value is -0.820. The number of rotatable bonds is 11. The zero-order valence-corrected chi connectivity index (χ0v) is 11.6. The van der Waals surface area contributed by atoms with Crippen molar-refractivity contribution in [3.05, 3.63) is 37.0 Å². The molecule has 0 rings (SSSR count). The van der Waals surface area contributed by atoms with Crippen molar-refractivity contribution >= 4 is 0 Å². The Balaban J connectivity index is 3.74. The molecule has 0 radical (unpaired) electrons. The Morgan fingerprint density at radius 3 is 2.59 bits per heavy atom. The minimum atomic E-state index is 0.659. The molecule has 0 amide bonds. The van der Waals surface area contributed by atoms with Crippen LogP contribution in [0.1, 0.15) is 52.4 Å². The summed E-state index contributed by atoms with van der Waals surface area (Å²) in [5.41, 5.74) is 0. The quantitative estimate of drug-likeness (QED) is 0.313. The lowest BCUT2D eigenvalue weighted by Gasteiger charge is -2.15. The van der Waals surface area contributed by atoms with Crippen LogP contribution in [-0.2, 0) is 0 Å². The molecule has 0 aromatic carbocycles. The van der Waals surface area contributed by atoms with Gasteiger partial charge in [0.25, 0.3) is 0 Å². The van der Waals surface area contributed by atoms with Gasteiger partial charge in [0.05, 0.1) is 0 Å². The maximum Gasteiger partial charge on any atom is 0.0101 e. The molecule has 0 heterocycles. The summed E-state index contributed by atoms with van der Waals surface area (Å²) >= 11 is 0. The second-order valence-electron chi connectivity index (χ2n) is 4.40. The van der Waals surface area contributed by atoms with Crippen LogP contribution in [0.15, 0.2) is 37.0 Å². The molecule has 0 aromatic heterocycles. The van der Waals surface area contributed by atoms with Gasteiger partial charge < -0.3 is 5.32 Å². The molecule has 0 bridgehead atoms. The highest BCUT2D eigenvalue weighted by atomic mass is 14.9. The summed E-state index contributed by atoms with van der Waals surface area (Å²) < 4.78 is 0. The van der Waals surface area contributed by atoms with Crippen LogP contribution in [0.2, 0.25) is 0 Å². The molecule has 1 heteroatoms. The average Bonchev–Trinajstić information content (AvgIpc) is 2.34. The largest absolute Gasteiger partial charge is 0.314 e. The molecule has 1 atom stereocenters. The summed E-state index contributed by atoms with van der Waals surface area (Å²) in [4.78, 5) is 0. The average molecular weight is 235 g/mol. The first kappa shape index (κ1) is 16.2. The molecule has 1 unspecified atom stereocenters. The van der Waals surface area contributed by atoms with E-state index >= 15 is 0 Å². The number of nitrogens with one attached hydrogen (secondary N) is 1. The topological polar surface area (TPSA) is 12.0 Å². The lowest BCUT2D eigenvalue weighted by Crippen LogP contribution is -2.29. The van der Waals surface area contributed by atoms with Crippen molar-refractivity contribution in [2.45, 2.75) is 58.4 Å². The van der Waals surface area contributed by atoms with Crippen LogP contribution >= 0.6 is 0 Å². The summed E-state index contributed by atoms with van der Waals surface area (Å²) in [5.74, 6) is 0. The Labute approximate surface area is 108 Å². The van der Waals surface area contributed by atoms with E-state index in [2.05, 4.69) is 44.0 Å². The van der Waals surface area contributed by atoms with E-state index in [1.165, 1.54) is 25.7 Å². The van der Waals surface area contributed by atoms with Crippen molar-refractivity contribution in [1.82, 2.24) is 5.32 Å². The molecular weight excluding hydrogens is 206 g/mol. The molecule has 0 saturated heterocycles. The molecule has 17 heavy (non-hydrogen) atoms. The van der Waals surface area contributed by atoms with Gasteiger partial charge in [-0.25, -0.2) is 0 Å². The molecule has 98 valence electrons. The van der Waals surface area contributed by atoms with Crippen LogP contribution in [0.25, 0.3) is 0 Å². The van der Waals surface area contributed by atoms with E-state index in [1.54, 1.807) is 0 Å².